The summed E-state index contributed by atoms with van der Waals surface area (Å²) in [5, 5.41) is 11.4. The Morgan fingerprint density at radius 1 is 1.13 bits per heavy atom. The zero-order chi connectivity index (χ0) is 21.6. The second-order valence-corrected chi connectivity index (χ2v) is 7.61. The topological polar surface area (TPSA) is 84.7 Å². The molecule has 4 aromatic rings. The molecule has 2 aromatic heterocycles. The first-order chi connectivity index (χ1) is 15.2. The third-order valence-corrected chi connectivity index (χ3v) is 5.56. The molecule has 1 amide bonds. The van der Waals surface area contributed by atoms with Crippen molar-refractivity contribution in [2.45, 2.75) is 18.0 Å². The van der Waals surface area contributed by atoms with E-state index < -0.39 is 0 Å². The molecular formula is C22H21FN6OS. The number of rotatable bonds is 8. The summed E-state index contributed by atoms with van der Waals surface area (Å²) >= 11 is 1.54. The number of amides is 1. The van der Waals surface area contributed by atoms with Crippen molar-refractivity contribution in [1.29, 1.82) is 0 Å². The number of nitrogens with zero attached hydrogens (tertiary/aromatic N) is 4. The molecule has 0 aliphatic rings. The Bertz CT molecular complexity index is 1190. The van der Waals surface area contributed by atoms with Crippen molar-refractivity contribution in [2.24, 2.45) is 0 Å². The number of benzene rings is 2. The Kier molecular flexibility index (Phi) is 6.42. The van der Waals surface area contributed by atoms with Crippen LogP contribution in [-0.2, 0) is 13.1 Å². The minimum atomic E-state index is -0.265. The Morgan fingerprint density at radius 3 is 2.74 bits per heavy atom. The summed E-state index contributed by atoms with van der Waals surface area (Å²) in [6, 6.07) is 13.8. The van der Waals surface area contributed by atoms with Crippen molar-refractivity contribution in [3.8, 4) is 0 Å². The van der Waals surface area contributed by atoms with Crippen LogP contribution in [0.25, 0.3) is 11.0 Å². The number of hydrogen-bond acceptors (Lipinski definition) is 6. The van der Waals surface area contributed by atoms with Crippen molar-refractivity contribution in [3.63, 3.8) is 0 Å². The fourth-order valence-corrected chi connectivity index (χ4v) is 3.78. The highest BCUT2D eigenvalue weighted by Gasteiger charge is 2.12. The largest absolute Gasteiger partial charge is 0.365 e. The predicted octanol–water partition coefficient (Wildman–Crippen LogP) is 3.73. The predicted molar refractivity (Wildman–Crippen MR) is 120 cm³/mol. The van der Waals surface area contributed by atoms with Gasteiger partial charge in [-0.25, -0.2) is 19.0 Å². The van der Waals surface area contributed by atoms with Gasteiger partial charge in [0.15, 0.2) is 5.65 Å². The maximum Gasteiger partial charge on any atom is 0.252 e. The molecule has 0 fully saturated rings. The van der Waals surface area contributed by atoms with Crippen molar-refractivity contribution in [2.75, 3.05) is 18.1 Å². The Balaban J connectivity index is 1.40. The van der Waals surface area contributed by atoms with E-state index in [0.29, 0.717) is 36.7 Å². The third-order valence-electron chi connectivity index (χ3n) is 4.77. The van der Waals surface area contributed by atoms with E-state index in [1.165, 1.54) is 18.5 Å². The number of anilines is 1. The van der Waals surface area contributed by atoms with Crippen LogP contribution in [0.4, 0.5) is 10.2 Å². The van der Waals surface area contributed by atoms with Gasteiger partial charge in [-0.15, -0.1) is 11.8 Å². The van der Waals surface area contributed by atoms with Crippen LogP contribution in [0.1, 0.15) is 15.9 Å². The van der Waals surface area contributed by atoms with E-state index in [-0.39, 0.29) is 11.7 Å². The van der Waals surface area contributed by atoms with Crippen molar-refractivity contribution in [1.82, 2.24) is 25.1 Å². The Morgan fingerprint density at radius 2 is 1.94 bits per heavy atom. The smallest absolute Gasteiger partial charge is 0.252 e. The molecule has 0 atom stereocenters. The van der Waals surface area contributed by atoms with Gasteiger partial charge in [0.1, 0.15) is 18.0 Å². The summed E-state index contributed by atoms with van der Waals surface area (Å²) in [7, 11) is 0. The van der Waals surface area contributed by atoms with Crippen LogP contribution in [-0.4, -0.2) is 38.5 Å². The molecule has 0 spiro atoms. The highest BCUT2D eigenvalue weighted by Crippen LogP contribution is 2.20. The zero-order valence-corrected chi connectivity index (χ0v) is 17.7. The number of thioether (sulfide) groups is 1. The standard InChI is InChI=1S/C22H21FN6OS/c1-31-19-5-3-2-4-17(19)22(30)24-10-11-29-21-18(13-28-29)20(26-14-27-21)25-12-15-6-8-16(23)9-7-15/h2-9,13-14H,10-12H2,1H3,(H,24,30)(H,25,26,27). The summed E-state index contributed by atoms with van der Waals surface area (Å²) in [5.74, 6) is 0.273. The van der Waals surface area contributed by atoms with Crippen LogP contribution in [0.15, 0.2) is 66.0 Å². The molecule has 2 heterocycles. The number of halogens is 1. The van der Waals surface area contributed by atoms with Gasteiger partial charge in [-0.05, 0) is 36.1 Å². The second-order valence-electron chi connectivity index (χ2n) is 6.76. The second kappa shape index (κ2) is 9.57. The first kappa shape index (κ1) is 20.8. The summed E-state index contributed by atoms with van der Waals surface area (Å²) < 4.78 is 14.8. The molecule has 2 N–H and O–H groups in total. The molecule has 7 nitrogen and oxygen atoms in total. The lowest BCUT2D eigenvalue weighted by molar-refractivity contribution is 0.0949. The van der Waals surface area contributed by atoms with Gasteiger partial charge in [0.05, 0.1) is 23.7 Å². The molecule has 158 valence electrons. The first-order valence-electron chi connectivity index (χ1n) is 9.72. The van der Waals surface area contributed by atoms with E-state index in [2.05, 4.69) is 25.7 Å². The number of nitrogens with one attached hydrogen (secondary N) is 2. The average Bonchev–Trinajstić information content (AvgIpc) is 3.22. The van der Waals surface area contributed by atoms with Crippen LogP contribution in [0.5, 0.6) is 0 Å². The van der Waals surface area contributed by atoms with Crippen molar-refractivity contribution in [3.05, 3.63) is 78.0 Å². The van der Waals surface area contributed by atoms with Crippen LogP contribution in [0.3, 0.4) is 0 Å². The summed E-state index contributed by atoms with van der Waals surface area (Å²) in [6.07, 6.45) is 5.12. The van der Waals surface area contributed by atoms with E-state index in [4.69, 9.17) is 0 Å². The Labute approximate surface area is 183 Å². The molecule has 0 bridgehead atoms. The fraction of sp³-hybridized carbons (Fsp3) is 0.182. The van der Waals surface area contributed by atoms with Gasteiger partial charge in [0.25, 0.3) is 5.91 Å². The van der Waals surface area contributed by atoms with Gasteiger partial charge in [-0.1, -0.05) is 24.3 Å². The highest BCUT2D eigenvalue weighted by molar-refractivity contribution is 7.98. The molecule has 0 saturated heterocycles. The quantitative estimate of drug-likeness (QED) is 0.410. The van der Waals surface area contributed by atoms with E-state index in [0.717, 1.165) is 15.8 Å². The molecule has 0 radical (unpaired) electrons. The average molecular weight is 437 g/mol. The van der Waals surface area contributed by atoms with Gasteiger partial charge >= 0.3 is 0 Å². The summed E-state index contributed by atoms with van der Waals surface area (Å²) in [5.41, 5.74) is 2.28. The number of fused-ring (bicyclic) bond motifs is 1. The van der Waals surface area contributed by atoms with Crippen LogP contribution in [0.2, 0.25) is 0 Å². The molecular weight excluding hydrogens is 415 g/mol. The molecule has 4 rings (SSSR count). The fourth-order valence-electron chi connectivity index (χ4n) is 3.19. The SMILES string of the molecule is CSc1ccccc1C(=O)NCCn1ncc2c(NCc3ccc(F)cc3)ncnc21. The van der Waals surface area contributed by atoms with Gasteiger partial charge < -0.3 is 10.6 Å². The lowest BCUT2D eigenvalue weighted by Crippen LogP contribution is -2.28. The monoisotopic (exact) mass is 436 g/mol. The van der Waals surface area contributed by atoms with E-state index in [1.807, 2.05) is 30.5 Å². The van der Waals surface area contributed by atoms with Crippen LogP contribution < -0.4 is 10.6 Å². The molecule has 0 aliphatic heterocycles. The Hall–Kier alpha value is -3.46. The normalized spacial score (nSPS) is 10.9. The van der Waals surface area contributed by atoms with E-state index in [1.54, 1.807) is 34.8 Å². The maximum absolute atomic E-state index is 13.1. The van der Waals surface area contributed by atoms with Gasteiger partial charge in [0, 0.05) is 18.0 Å². The zero-order valence-electron chi connectivity index (χ0n) is 16.9. The van der Waals surface area contributed by atoms with E-state index >= 15 is 0 Å². The summed E-state index contributed by atoms with van der Waals surface area (Å²) in [4.78, 5) is 22.1. The minimum absolute atomic E-state index is 0.113. The van der Waals surface area contributed by atoms with Gasteiger partial charge in [-0.2, -0.15) is 5.10 Å². The minimum Gasteiger partial charge on any atom is -0.365 e. The van der Waals surface area contributed by atoms with E-state index in [9.17, 15) is 9.18 Å². The molecule has 31 heavy (non-hydrogen) atoms. The number of carbonyl (C=O) groups is 1. The molecule has 0 saturated carbocycles. The highest BCUT2D eigenvalue weighted by atomic mass is 32.2. The molecule has 0 aliphatic carbocycles. The van der Waals surface area contributed by atoms with Crippen LogP contribution >= 0.6 is 11.8 Å². The lowest BCUT2D eigenvalue weighted by Gasteiger charge is -2.09. The number of carbonyl (C=O) groups excluding carboxylic acids is 1. The summed E-state index contributed by atoms with van der Waals surface area (Å²) in [6.45, 7) is 1.40. The van der Waals surface area contributed by atoms with Gasteiger partial charge in [0.2, 0.25) is 0 Å². The third kappa shape index (κ3) is 4.83. The maximum atomic E-state index is 13.1. The molecule has 0 unspecified atom stereocenters. The number of aromatic nitrogens is 4. The van der Waals surface area contributed by atoms with Crippen molar-refractivity contribution < 1.29 is 9.18 Å². The molecule has 9 heteroatoms. The lowest BCUT2D eigenvalue weighted by atomic mass is 10.2. The van der Waals surface area contributed by atoms with Crippen molar-refractivity contribution >= 4 is 34.5 Å². The van der Waals surface area contributed by atoms with Gasteiger partial charge in [-0.3, -0.25) is 4.79 Å². The molecule has 2 aromatic carbocycles. The number of hydrogen-bond donors (Lipinski definition) is 2. The van der Waals surface area contributed by atoms with Crippen LogP contribution in [0, 0.1) is 5.82 Å². The first-order valence-corrected chi connectivity index (χ1v) is 10.9.